The average molecular weight is 694 g/mol. The molecule has 0 aliphatic heterocycles. The van der Waals surface area contributed by atoms with Crippen LogP contribution in [0.5, 0.6) is 0 Å². The lowest BCUT2D eigenvalue weighted by atomic mass is 9.98. The summed E-state index contributed by atoms with van der Waals surface area (Å²) in [4.78, 5) is 4.88. The minimum Gasteiger partial charge on any atom is -0.309 e. The first kappa shape index (κ1) is 29.9. The van der Waals surface area contributed by atoms with Crippen molar-refractivity contribution in [3.63, 3.8) is 0 Å². The minimum absolute atomic E-state index is 1.05. The Morgan fingerprint density at radius 2 is 0.792 bits per heavy atom. The molecule has 3 nitrogen and oxygen atoms in total. The maximum Gasteiger partial charge on any atom is 0.124 e. The normalized spacial score (nSPS) is 11.8. The van der Waals surface area contributed by atoms with E-state index < -0.39 is 0 Å². The summed E-state index contributed by atoms with van der Waals surface area (Å²) in [5.41, 5.74) is 14.2. The molecule has 3 heterocycles. The zero-order chi connectivity index (χ0) is 34.9. The van der Waals surface area contributed by atoms with E-state index in [-0.39, 0.29) is 0 Å². The van der Waals surface area contributed by atoms with E-state index in [1.807, 2.05) is 6.07 Å². The molecule has 53 heavy (non-hydrogen) atoms. The molecule has 0 aliphatic rings. The number of hydrogen-bond donors (Lipinski definition) is 0. The summed E-state index contributed by atoms with van der Waals surface area (Å²) in [6.07, 6.45) is 0. The van der Waals surface area contributed by atoms with Gasteiger partial charge in [-0.05, 0) is 107 Å². The summed E-state index contributed by atoms with van der Waals surface area (Å²) < 4.78 is 5.96. The van der Waals surface area contributed by atoms with E-state index in [0.29, 0.717) is 0 Å². The van der Waals surface area contributed by atoms with E-state index in [4.69, 9.17) is 4.98 Å². The number of fused-ring (bicyclic) bond motifs is 7. The van der Waals surface area contributed by atoms with Crippen LogP contribution in [0.15, 0.2) is 188 Å². The molecule has 3 aromatic heterocycles. The van der Waals surface area contributed by atoms with Crippen molar-refractivity contribution in [3.05, 3.63) is 188 Å². The van der Waals surface area contributed by atoms with Gasteiger partial charge in [0.2, 0.25) is 0 Å². The van der Waals surface area contributed by atoms with Gasteiger partial charge in [-0.1, -0.05) is 103 Å². The van der Waals surface area contributed by atoms with Crippen LogP contribution in [-0.4, -0.2) is 14.1 Å². The molecule has 0 N–H and O–H groups in total. The molecule has 0 spiro atoms. The molecule has 248 valence electrons. The van der Waals surface area contributed by atoms with Crippen molar-refractivity contribution in [2.45, 2.75) is 0 Å². The summed E-state index contributed by atoms with van der Waals surface area (Å²) in [6.45, 7) is 0. The number of nitrogens with zero attached hydrogens (tertiary/aromatic N) is 3. The van der Waals surface area contributed by atoms with E-state index >= 15 is 0 Å². The smallest absolute Gasteiger partial charge is 0.124 e. The lowest BCUT2D eigenvalue weighted by molar-refractivity contribution is 1.18. The van der Waals surface area contributed by atoms with Crippen molar-refractivity contribution >= 4 is 65.2 Å². The Morgan fingerprint density at radius 3 is 1.38 bits per heavy atom. The zero-order valence-electron chi connectivity index (χ0n) is 28.6. The Balaban J connectivity index is 0.949. The molecular weight excluding hydrogens is 663 g/mol. The van der Waals surface area contributed by atoms with Crippen LogP contribution < -0.4 is 0 Å². The molecule has 11 aromatic rings. The van der Waals surface area contributed by atoms with Crippen molar-refractivity contribution in [2.75, 3.05) is 0 Å². The van der Waals surface area contributed by atoms with Gasteiger partial charge in [0, 0.05) is 38.5 Å². The van der Waals surface area contributed by atoms with Gasteiger partial charge in [0.1, 0.15) is 5.01 Å². The second kappa shape index (κ2) is 11.9. The summed E-state index contributed by atoms with van der Waals surface area (Å²) in [5.74, 6) is 0. The molecule has 0 saturated heterocycles. The van der Waals surface area contributed by atoms with Gasteiger partial charge in [0.05, 0.1) is 32.3 Å². The van der Waals surface area contributed by atoms with Gasteiger partial charge in [-0.15, -0.1) is 11.3 Å². The maximum absolute atomic E-state index is 4.88. The molecule has 0 atom stereocenters. The zero-order valence-corrected chi connectivity index (χ0v) is 29.5. The fourth-order valence-corrected chi connectivity index (χ4v) is 9.01. The highest BCUT2D eigenvalue weighted by atomic mass is 32.1. The van der Waals surface area contributed by atoms with E-state index in [9.17, 15) is 0 Å². The summed E-state index contributed by atoms with van der Waals surface area (Å²) >= 11 is 1.74. The van der Waals surface area contributed by atoms with Crippen LogP contribution in [0.25, 0.3) is 98.0 Å². The third-order valence-electron chi connectivity index (χ3n) is 10.6. The van der Waals surface area contributed by atoms with Crippen LogP contribution in [0.3, 0.4) is 0 Å². The van der Waals surface area contributed by atoms with E-state index in [1.165, 1.54) is 76.3 Å². The van der Waals surface area contributed by atoms with Crippen LogP contribution in [0.1, 0.15) is 0 Å². The molecule has 0 unspecified atom stereocenters. The summed E-state index contributed by atoms with van der Waals surface area (Å²) in [7, 11) is 0. The van der Waals surface area contributed by atoms with Gasteiger partial charge in [-0.2, -0.15) is 0 Å². The number of hydrogen-bond acceptors (Lipinski definition) is 2. The Bertz CT molecular complexity index is 3110. The monoisotopic (exact) mass is 693 g/mol. The third-order valence-corrected chi connectivity index (χ3v) is 11.7. The van der Waals surface area contributed by atoms with Crippen LogP contribution in [0.2, 0.25) is 0 Å². The first-order chi connectivity index (χ1) is 26.3. The maximum atomic E-state index is 4.88. The highest BCUT2D eigenvalue weighted by molar-refractivity contribution is 7.21. The van der Waals surface area contributed by atoms with Crippen molar-refractivity contribution in [1.82, 2.24) is 14.1 Å². The standard InChI is InChI=1S/C49H31N3S/c1-2-10-37(11-3-1)51-44-15-7-4-12-39(44)41-30-35(24-28-46(41)51)32-18-20-33(21-19-32)36-25-29-47-42(31-36)40-13-5-8-16-45(40)52(47)38-26-22-34(23-27-38)49-50-43-14-6-9-17-48(43)53-49/h1-31H. The number of benzene rings is 8. The largest absolute Gasteiger partial charge is 0.309 e. The highest BCUT2D eigenvalue weighted by Gasteiger charge is 2.16. The Kier molecular flexibility index (Phi) is 6.73. The van der Waals surface area contributed by atoms with Crippen molar-refractivity contribution in [1.29, 1.82) is 0 Å². The molecule has 11 rings (SSSR count). The van der Waals surface area contributed by atoms with Gasteiger partial charge in [-0.25, -0.2) is 4.98 Å². The number of para-hydroxylation sites is 4. The molecular formula is C49H31N3S. The summed E-state index contributed by atoms with van der Waals surface area (Å²) in [6, 6.07) is 68.0. The van der Waals surface area contributed by atoms with Crippen LogP contribution in [0.4, 0.5) is 0 Å². The Hall–Kier alpha value is -6.75. The van der Waals surface area contributed by atoms with E-state index in [1.54, 1.807) is 11.3 Å². The number of rotatable bonds is 5. The Labute approximate surface area is 310 Å². The predicted molar refractivity (Wildman–Crippen MR) is 225 cm³/mol. The lowest BCUT2D eigenvalue weighted by Crippen LogP contribution is -1.93. The molecule has 0 saturated carbocycles. The van der Waals surface area contributed by atoms with Crippen molar-refractivity contribution in [3.8, 4) is 44.2 Å². The fraction of sp³-hybridized carbons (Fsp3) is 0. The number of aromatic nitrogens is 3. The molecule has 8 aromatic carbocycles. The second-order valence-electron chi connectivity index (χ2n) is 13.6. The molecule has 0 amide bonds. The minimum atomic E-state index is 1.05. The van der Waals surface area contributed by atoms with Gasteiger partial charge in [-0.3, -0.25) is 0 Å². The van der Waals surface area contributed by atoms with E-state index in [2.05, 4.69) is 191 Å². The lowest BCUT2D eigenvalue weighted by Gasteiger charge is -2.10. The van der Waals surface area contributed by atoms with Gasteiger partial charge in [0.15, 0.2) is 0 Å². The predicted octanol–water partition coefficient (Wildman–Crippen LogP) is 13.5. The van der Waals surface area contributed by atoms with Crippen molar-refractivity contribution in [2.24, 2.45) is 0 Å². The summed E-state index contributed by atoms with van der Waals surface area (Å²) in [5, 5.41) is 6.07. The first-order valence-electron chi connectivity index (χ1n) is 18.0. The third kappa shape index (κ3) is 4.84. The molecule has 0 bridgehead atoms. The average Bonchev–Trinajstić information content (AvgIpc) is 3.91. The number of thiazole rings is 1. The molecule has 0 radical (unpaired) electrons. The second-order valence-corrected chi connectivity index (χ2v) is 14.6. The quantitative estimate of drug-likeness (QED) is 0.176. The van der Waals surface area contributed by atoms with Crippen LogP contribution >= 0.6 is 11.3 Å². The first-order valence-corrected chi connectivity index (χ1v) is 18.8. The van der Waals surface area contributed by atoms with Crippen molar-refractivity contribution < 1.29 is 0 Å². The highest BCUT2D eigenvalue weighted by Crippen LogP contribution is 2.38. The Morgan fingerprint density at radius 1 is 0.340 bits per heavy atom. The topological polar surface area (TPSA) is 22.8 Å². The molecule has 0 aliphatic carbocycles. The van der Waals surface area contributed by atoms with Crippen LogP contribution in [-0.2, 0) is 0 Å². The van der Waals surface area contributed by atoms with E-state index in [0.717, 1.165) is 21.8 Å². The fourth-order valence-electron chi connectivity index (χ4n) is 8.04. The van der Waals surface area contributed by atoms with Gasteiger partial charge >= 0.3 is 0 Å². The van der Waals surface area contributed by atoms with Crippen LogP contribution in [0, 0.1) is 0 Å². The SMILES string of the molecule is c1ccc(-n2c3ccccc3c3cc(-c4ccc(-c5ccc6c(c5)c5ccccc5n6-c5ccc(-c6nc7ccccc7s6)cc5)cc4)ccc32)cc1. The molecule has 4 heteroatoms. The molecule has 0 fully saturated rings. The van der Waals surface area contributed by atoms with Gasteiger partial charge in [0.25, 0.3) is 0 Å². The van der Waals surface area contributed by atoms with Gasteiger partial charge < -0.3 is 9.13 Å².